The standard InChI is InChI=1S/C23H22N2O3/c1-16-8-12-20(13-9-16)28-15-22(26)25-21-14-19(11-10-17(21)2)24-23(27)18-6-4-3-5-7-18/h3-14H,15H2,1-2H3,(H,24,27)(H,25,26). The van der Waals surface area contributed by atoms with Crippen LogP contribution >= 0.6 is 0 Å². The first kappa shape index (κ1) is 19.2. The van der Waals surface area contributed by atoms with Crippen LogP contribution in [-0.2, 0) is 4.79 Å². The molecule has 28 heavy (non-hydrogen) atoms. The van der Waals surface area contributed by atoms with Crippen molar-refractivity contribution in [3.63, 3.8) is 0 Å². The zero-order valence-corrected chi connectivity index (χ0v) is 15.9. The second-order valence-electron chi connectivity index (χ2n) is 6.50. The van der Waals surface area contributed by atoms with E-state index in [1.165, 1.54) is 0 Å². The summed E-state index contributed by atoms with van der Waals surface area (Å²) in [6.07, 6.45) is 0. The summed E-state index contributed by atoms with van der Waals surface area (Å²) in [4.78, 5) is 24.5. The average Bonchev–Trinajstić information content (AvgIpc) is 2.71. The average molecular weight is 374 g/mol. The Bertz CT molecular complexity index is 967. The molecule has 0 aliphatic rings. The maximum absolute atomic E-state index is 12.3. The van der Waals surface area contributed by atoms with E-state index in [9.17, 15) is 9.59 Å². The zero-order valence-electron chi connectivity index (χ0n) is 15.9. The molecule has 5 nitrogen and oxygen atoms in total. The molecular weight excluding hydrogens is 352 g/mol. The van der Waals surface area contributed by atoms with E-state index in [0.29, 0.717) is 22.7 Å². The van der Waals surface area contributed by atoms with Gasteiger partial charge in [0.25, 0.3) is 11.8 Å². The van der Waals surface area contributed by atoms with Crippen LogP contribution in [0.3, 0.4) is 0 Å². The molecule has 2 N–H and O–H groups in total. The van der Waals surface area contributed by atoms with E-state index in [2.05, 4.69) is 10.6 Å². The zero-order chi connectivity index (χ0) is 19.9. The molecule has 0 saturated carbocycles. The lowest BCUT2D eigenvalue weighted by Gasteiger charge is -2.12. The molecule has 142 valence electrons. The number of anilines is 2. The number of benzene rings is 3. The Balaban J connectivity index is 1.61. The van der Waals surface area contributed by atoms with Gasteiger partial charge in [-0.3, -0.25) is 9.59 Å². The van der Waals surface area contributed by atoms with E-state index in [1.807, 2.05) is 62.4 Å². The molecule has 0 fully saturated rings. The number of hydrogen-bond acceptors (Lipinski definition) is 3. The normalized spacial score (nSPS) is 10.2. The van der Waals surface area contributed by atoms with E-state index in [-0.39, 0.29) is 18.4 Å². The van der Waals surface area contributed by atoms with Gasteiger partial charge in [0.05, 0.1) is 0 Å². The molecule has 0 bridgehead atoms. The second kappa shape index (κ2) is 8.86. The van der Waals surface area contributed by atoms with E-state index in [0.717, 1.165) is 11.1 Å². The minimum Gasteiger partial charge on any atom is -0.484 e. The third kappa shape index (κ3) is 5.20. The maximum atomic E-state index is 12.3. The number of amides is 2. The van der Waals surface area contributed by atoms with Gasteiger partial charge in [0.15, 0.2) is 6.61 Å². The number of carbonyl (C=O) groups excluding carboxylic acids is 2. The second-order valence-corrected chi connectivity index (χ2v) is 6.50. The van der Waals surface area contributed by atoms with Gasteiger partial charge in [0.2, 0.25) is 0 Å². The Labute approximate surface area is 164 Å². The number of aryl methyl sites for hydroxylation is 2. The van der Waals surface area contributed by atoms with Gasteiger partial charge in [-0.2, -0.15) is 0 Å². The van der Waals surface area contributed by atoms with E-state index >= 15 is 0 Å². The highest BCUT2D eigenvalue weighted by molar-refractivity contribution is 6.04. The highest BCUT2D eigenvalue weighted by Crippen LogP contribution is 2.21. The van der Waals surface area contributed by atoms with E-state index in [4.69, 9.17) is 4.74 Å². The lowest BCUT2D eigenvalue weighted by molar-refractivity contribution is -0.118. The van der Waals surface area contributed by atoms with Crippen molar-refractivity contribution in [2.24, 2.45) is 0 Å². The van der Waals surface area contributed by atoms with Crippen molar-refractivity contribution in [2.45, 2.75) is 13.8 Å². The minimum absolute atomic E-state index is 0.0941. The number of carbonyl (C=O) groups is 2. The molecule has 5 heteroatoms. The van der Waals surface area contributed by atoms with Crippen molar-refractivity contribution >= 4 is 23.2 Å². The molecule has 0 heterocycles. The van der Waals surface area contributed by atoms with Crippen LogP contribution in [-0.4, -0.2) is 18.4 Å². The predicted molar refractivity (Wildman–Crippen MR) is 111 cm³/mol. The molecule has 0 radical (unpaired) electrons. The SMILES string of the molecule is Cc1ccc(OCC(=O)Nc2cc(NC(=O)c3ccccc3)ccc2C)cc1. The smallest absolute Gasteiger partial charge is 0.262 e. The fourth-order valence-electron chi connectivity index (χ4n) is 2.60. The summed E-state index contributed by atoms with van der Waals surface area (Å²) in [5, 5.41) is 5.67. The Morgan fingerprint density at radius 1 is 0.857 bits per heavy atom. The Morgan fingerprint density at radius 3 is 2.29 bits per heavy atom. The molecule has 0 aliphatic carbocycles. The molecule has 3 rings (SSSR count). The van der Waals surface area contributed by atoms with Crippen molar-refractivity contribution in [2.75, 3.05) is 17.2 Å². The molecule has 0 spiro atoms. The summed E-state index contributed by atoms with van der Waals surface area (Å²) in [6, 6.07) is 21.9. The largest absolute Gasteiger partial charge is 0.484 e. The van der Waals surface area contributed by atoms with Gasteiger partial charge in [-0.25, -0.2) is 0 Å². The first-order chi connectivity index (χ1) is 13.5. The lowest BCUT2D eigenvalue weighted by atomic mass is 10.1. The molecule has 3 aromatic carbocycles. The Morgan fingerprint density at radius 2 is 1.57 bits per heavy atom. The van der Waals surface area contributed by atoms with Crippen LogP contribution in [0, 0.1) is 13.8 Å². The van der Waals surface area contributed by atoms with Crippen LogP contribution in [0.4, 0.5) is 11.4 Å². The summed E-state index contributed by atoms with van der Waals surface area (Å²) < 4.78 is 5.51. The van der Waals surface area contributed by atoms with Crippen molar-refractivity contribution in [1.82, 2.24) is 0 Å². The highest BCUT2D eigenvalue weighted by Gasteiger charge is 2.09. The lowest BCUT2D eigenvalue weighted by Crippen LogP contribution is -2.21. The van der Waals surface area contributed by atoms with Crippen LogP contribution in [0.5, 0.6) is 5.75 Å². The van der Waals surface area contributed by atoms with Crippen LogP contribution in [0.15, 0.2) is 72.8 Å². The fraction of sp³-hybridized carbons (Fsp3) is 0.130. The molecule has 2 amide bonds. The minimum atomic E-state index is -0.268. The molecule has 0 atom stereocenters. The van der Waals surface area contributed by atoms with E-state index in [1.54, 1.807) is 24.3 Å². The van der Waals surface area contributed by atoms with Gasteiger partial charge in [-0.05, 0) is 55.8 Å². The third-order valence-corrected chi connectivity index (χ3v) is 4.20. The highest BCUT2D eigenvalue weighted by atomic mass is 16.5. The van der Waals surface area contributed by atoms with Crippen molar-refractivity contribution in [3.05, 3.63) is 89.5 Å². The van der Waals surface area contributed by atoms with Crippen molar-refractivity contribution in [1.29, 1.82) is 0 Å². The number of hydrogen-bond donors (Lipinski definition) is 2. The van der Waals surface area contributed by atoms with Gasteiger partial charge in [0, 0.05) is 16.9 Å². The fourth-order valence-corrected chi connectivity index (χ4v) is 2.60. The summed E-state index contributed by atoms with van der Waals surface area (Å²) >= 11 is 0. The molecule has 0 aromatic heterocycles. The Kier molecular flexibility index (Phi) is 6.07. The summed E-state index contributed by atoms with van der Waals surface area (Å²) in [6.45, 7) is 3.78. The molecule has 3 aromatic rings. The molecule has 0 aliphatic heterocycles. The summed E-state index contributed by atoms with van der Waals surface area (Å²) in [5.74, 6) is 0.168. The van der Waals surface area contributed by atoms with Crippen LogP contribution < -0.4 is 15.4 Å². The van der Waals surface area contributed by atoms with Crippen molar-refractivity contribution in [3.8, 4) is 5.75 Å². The van der Waals surface area contributed by atoms with Gasteiger partial charge in [-0.15, -0.1) is 0 Å². The number of nitrogens with one attached hydrogen (secondary N) is 2. The third-order valence-electron chi connectivity index (χ3n) is 4.20. The summed E-state index contributed by atoms with van der Waals surface area (Å²) in [7, 11) is 0. The van der Waals surface area contributed by atoms with Gasteiger partial charge >= 0.3 is 0 Å². The van der Waals surface area contributed by atoms with Gasteiger partial charge in [-0.1, -0.05) is 42.0 Å². The first-order valence-corrected chi connectivity index (χ1v) is 8.97. The number of ether oxygens (including phenoxy) is 1. The quantitative estimate of drug-likeness (QED) is 0.664. The van der Waals surface area contributed by atoms with Gasteiger partial charge in [0.1, 0.15) is 5.75 Å². The first-order valence-electron chi connectivity index (χ1n) is 8.97. The van der Waals surface area contributed by atoms with Crippen LogP contribution in [0.2, 0.25) is 0 Å². The topological polar surface area (TPSA) is 67.4 Å². The molecular formula is C23H22N2O3. The van der Waals surface area contributed by atoms with E-state index < -0.39 is 0 Å². The predicted octanol–water partition coefficient (Wildman–Crippen LogP) is 4.57. The van der Waals surface area contributed by atoms with Crippen molar-refractivity contribution < 1.29 is 14.3 Å². The number of rotatable bonds is 6. The van der Waals surface area contributed by atoms with Gasteiger partial charge < -0.3 is 15.4 Å². The summed E-state index contributed by atoms with van der Waals surface area (Å²) in [5.41, 5.74) is 3.82. The maximum Gasteiger partial charge on any atom is 0.262 e. The molecule has 0 unspecified atom stereocenters. The monoisotopic (exact) mass is 374 g/mol. The Hall–Kier alpha value is -3.60. The van der Waals surface area contributed by atoms with Crippen LogP contribution in [0.25, 0.3) is 0 Å². The van der Waals surface area contributed by atoms with Crippen LogP contribution in [0.1, 0.15) is 21.5 Å². The molecule has 0 saturated heterocycles.